The van der Waals surface area contributed by atoms with Crippen molar-refractivity contribution >= 4 is 16.7 Å². The van der Waals surface area contributed by atoms with Gasteiger partial charge >= 0.3 is 0 Å². The van der Waals surface area contributed by atoms with Crippen LogP contribution in [0.2, 0.25) is 0 Å². The second-order valence-corrected chi connectivity index (χ2v) is 4.85. The minimum absolute atomic E-state index is 0.0324. The van der Waals surface area contributed by atoms with Crippen molar-refractivity contribution in [2.45, 2.75) is 25.4 Å². The first-order chi connectivity index (χ1) is 9.34. The van der Waals surface area contributed by atoms with Gasteiger partial charge in [-0.3, -0.25) is 9.78 Å². The largest absolute Gasteiger partial charge is 0.349 e. The molecule has 1 aliphatic rings. The Morgan fingerprint density at radius 1 is 1.37 bits per heavy atom. The highest BCUT2D eigenvalue weighted by Gasteiger charge is 2.21. The molecule has 2 aromatic rings. The fraction of sp³-hybridized carbons (Fsp3) is 0.333. The van der Waals surface area contributed by atoms with Crippen molar-refractivity contribution in [2.24, 2.45) is 0 Å². The van der Waals surface area contributed by atoms with Crippen LogP contribution >= 0.6 is 0 Å². The fourth-order valence-corrected chi connectivity index (χ4v) is 2.53. The third-order valence-corrected chi connectivity index (χ3v) is 3.56. The molecule has 0 radical (unpaired) electrons. The molecular weight excluding hydrogens is 238 g/mol. The number of benzene rings is 1. The molecule has 1 atom stereocenters. The van der Waals surface area contributed by atoms with Gasteiger partial charge in [-0.2, -0.15) is 0 Å². The summed E-state index contributed by atoms with van der Waals surface area (Å²) in [5, 5.41) is 8.42. The molecule has 19 heavy (non-hydrogen) atoms. The molecule has 1 aromatic heterocycles. The highest BCUT2D eigenvalue weighted by molar-refractivity contribution is 5.85. The SMILES string of the molecule is O=C(NCc1nccc2ccccc12)C1CCCN1. The number of aromatic nitrogens is 1. The lowest BCUT2D eigenvalue weighted by Crippen LogP contribution is -2.40. The lowest BCUT2D eigenvalue weighted by atomic mass is 10.1. The summed E-state index contributed by atoms with van der Waals surface area (Å²) in [4.78, 5) is 16.3. The predicted molar refractivity (Wildman–Crippen MR) is 74.6 cm³/mol. The van der Waals surface area contributed by atoms with Crippen molar-refractivity contribution < 1.29 is 4.79 Å². The van der Waals surface area contributed by atoms with Gasteiger partial charge in [0.2, 0.25) is 5.91 Å². The first-order valence-electron chi connectivity index (χ1n) is 6.68. The molecule has 4 nitrogen and oxygen atoms in total. The van der Waals surface area contributed by atoms with Gasteiger partial charge in [0.1, 0.15) is 0 Å². The van der Waals surface area contributed by atoms with Crippen LogP contribution in [-0.2, 0) is 11.3 Å². The standard InChI is InChI=1S/C15H17N3O/c19-15(13-6-3-8-16-13)18-10-14-12-5-2-1-4-11(12)7-9-17-14/h1-2,4-5,7,9,13,16H,3,6,8,10H2,(H,18,19). The number of nitrogens with zero attached hydrogens (tertiary/aromatic N) is 1. The Morgan fingerprint density at radius 2 is 2.26 bits per heavy atom. The highest BCUT2D eigenvalue weighted by Crippen LogP contribution is 2.16. The zero-order valence-corrected chi connectivity index (χ0v) is 10.7. The van der Waals surface area contributed by atoms with Crippen LogP contribution in [0.15, 0.2) is 36.5 Å². The van der Waals surface area contributed by atoms with E-state index in [1.54, 1.807) is 6.20 Å². The van der Waals surface area contributed by atoms with Crippen molar-refractivity contribution in [2.75, 3.05) is 6.54 Å². The third kappa shape index (κ3) is 2.58. The van der Waals surface area contributed by atoms with Crippen molar-refractivity contribution in [3.63, 3.8) is 0 Å². The molecule has 1 aliphatic heterocycles. The summed E-state index contributed by atoms with van der Waals surface area (Å²) >= 11 is 0. The molecule has 0 aliphatic carbocycles. The van der Waals surface area contributed by atoms with Crippen molar-refractivity contribution in [3.05, 3.63) is 42.2 Å². The van der Waals surface area contributed by atoms with Gasteiger partial charge in [-0.1, -0.05) is 24.3 Å². The number of rotatable bonds is 3. The van der Waals surface area contributed by atoms with Crippen LogP contribution in [0.1, 0.15) is 18.5 Å². The van der Waals surface area contributed by atoms with Crippen LogP contribution in [0.4, 0.5) is 0 Å². The van der Waals surface area contributed by atoms with Crippen LogP contribution in [0.25, 0.3) is 10.8 Å². The maximum absolute atomic E-state index is 12.0. The smallest absolute Gasteiger partial charge is 0.237 e. The maximum Gasteiger partial charge on any atom is 0.237 e. The summed E-state index contributed by atoms with van der Waals surface area (Å²) in [6.45, 7) is 1.42. The van der Waals surface area contributed by atoms with Gasteiger partial charge < -0.3 is 10.6 Å². The topological polar surface area (TPSA) is 54.0 Å². The van der Waals surface area contributed by atoms with Crippen molar-refractivity contribution in [3.8, 4) is 0 Å². The number of pyridine rings is 1. The van der Waals surface area contributed by atoms with E-state index < -0.39 is 0 Å². The average molecular weight is 255 g/mol. The molecule has 0 spiro atoms. The fourth-order valence-electron chi connectivity index (χ4n) is 2.53. The van der Waals surface area contributed by atoms with Gasteiger partial charge in [-0.25, -0.2) is 0 Å². The Bertz CT molecular complexity index is 585. The van der Waals surface area contributed by atoms with Gasteiger partial charge in [0.05, 0.1) is 18.3 Å². The summed E-state index contributed by atoms with van der Waals surface area (Å²) < 4.78 is 0. The van der Waals surface area contributed by atoms with Gasteiger partial charge in [-0.15, -0.1) is 0 Å². The summed E-state index contributed by atoms with van der Waals surface area (Å²) in [6.07, 6.45) is 3.79. The molecule has 4 heteroatoms. The summed E-state index contributed by atoms with van der Waals surface area (Å²) in [7, 11) is 0. The minimum Gasteiger partial charge on any atom is -0.349 e. The van der Waals surface area contributed by atoms with Crippen LogP contribution in [0.3, 0.4) is 0 Å². The Hall–Kier alpha value is -1.94. The minimum atomic E-state index is -0.0324. The van der Waals surface area contributed by atoms with Crippen molar-refractivity contribution in [1.82, 2.24) is 15.6 Å². The van der Waals surface area contributed by atoms with Gasteiger partial charge in [0, 0.05) is 11.6 Å². The van der Waals surface area contributed by atoms with Crippen LogP contribution < -0.4 is 10.6 Å². The molecule has 1 unspecified atom stereocenters. The van der Waals surface area contributed by atoms with E-state index >= 15 is 0 Å². The molecule has 1 amide bonds. The Morgan fingerprint density at radius 3 is 3.11 bits per heavy atom. The zero-order valence-electron chi connectivity index (χ0n) is 10.7. The lowest BCUT2D eigenvalue weighted by molar-refractivity contribution is -0.122. The Labute approximate surface area is 112 Å². The average Bonchev–Trinajstić information content (AvgIpc) is 2.99. The van der Waals surface area contributed by atoms with E-state index in [4.69, 9.17) is 0 Å². The first-order valence-corrected chi connectivity index (χ1v) is 6.68. The molecule has 1 fully saturated rings. The molecule has 0 bridgehead atoms. The summed E-state index contributed by atoms with van der Waals surface area (Å²) in [6, 6.07) is 10.0. The summed E-state index contributed by atoms with van der Waals surface area (Å²) in [5.41, 5.74) is 0.921. The van der Waals surface area contributed by atoms with E-state index in [0.717, 1.165) is 35.9 Å². The molecule has 2 N–H and O–H groups in total. The molecule has 1 aromatic carbocycles. The summed E-state index contributed by atoms with van der Waals surface area (Å²) in [5.74, 6) is 0.0761. The second kappa shape index (κ2) is 5.36. The van der Waals surface area contributed by atoms with E-state index in [9.17, 15) is 4.79 Å². The van der Waals surface area contributed by atoms with E-state index in [1.807, 2.05) is 24.3 Å². The number of fused-ring (bicyclic) bond motifs is 1. The lowest BCUT2D eigenvalue weighted by Gasteiger charge is -2.11. The molecule has 1 saturated heterocycles. The van der Waals surface area contributed by atoms with Crippen LogP contribution in [0.5, 0.6) is 0 Å². The Balaban J connectivity index is 1.73. The number of hydrogen-bond acceptors (Lipinski definition) is 3. The van der Waals surface area contributed by atoms with Gasteiger partial charge in [0.15, 0.2) is 0 Å². The Kier molecular flexibility index (Phi) is 3.42. The quantitative estimate of drug-likeness (QED) is 0.876. The molecule has 3 rings (SSSR count). The molecule has 2 heterocycles. The van der Waals surface area contributed by atoms with Crippen molar-refractivity contribution in [1.29, 1.82) is 0 Å². The number of amides is 1. The van der Waals surface area contributed by atoms with E-state index in [0.29, 0.717) is 6.54 Å². The van der Waals surface area contributed by atoms with Gasteiger partial charge in [-0.05, 0) is 30.8 Å². The normalized spacial score (nSPS) is 18.6. The highest BCUT2D eigenvalue weighted by atomic mass is 16.2. The monoisotopic (exact) mass is 255 g/mol. The van der Waals surface area contributed by atoms with E-state index in [-0.39, 0.29) is 11.9 Å². The molecule has 0 saturated carbocycles. The number of nitrogens with one attached hydrogen (secondary N) is 2. The number of hydrogen-bond donors (Lipinski definition) is 2. The van der Waals surface area contributed by atoms with Gasteiger partial charge in [0.25, 0.3) is 0 Å². The first kappa shape index (κ1) is 12.1. The third-order valence-electron chi connectivity index (χ3n) is 3.56. The number of carbonyl (C=O) groups excluding carboxylic acids is 1. The van der Waals surface area contributed by atoms with Crippen LogP contribution in [-0.4, -0.2) is 23.5 Å². The number of carbonyl (C=O) groups is 1. The predicted octanol–water partition coefficient (Wildman–Crippen LogP) is 1.60. The zero-order chi connectivity index (χ0) is 13.1. The maximum atomic E-state index is 12.0. The molecule has 98 valence electrons. The second-order valence-electron chi connectivity index (χ2n) is 4.85. The van der Waals surface area contributed by atoms with E-state index in [1.165, 1.54) is 0 Å². The van der Waals surface area contributed by atoms with E-state index in [2.05, 4.69) is 21.7 Å². The molecular formula is C15H17N3O. The van der Waals surface area contributed by atoms with Crippen LogP contribution in [0, 0.1) is 0 Å².